The highest BCUT2D eigenvalue weighted by atomic mass is 32.2. The zero-order valence-corrected chi connectivity index (χ0v) is 14.4. The van der Waals surface area contributed by atoms with Crippen molar-refractivity contribution in [1.82, 2.24) is 20.2 Å². The number of amides is 1. The van der Waals surface area contributed by atoms with Crippen molar-refractivity contribution < 1.29 is 13.2 Å². The summed E-state index contributed by atoms with van der Waals surface area (Å²) in [5.74, 6) is 0.238. The average Bonchev–Trinajstić information content (AvgIpc) is 3.00. The van der Waals surface area contributed by atoms with Gasteiger partial charge in [0.2, 0.25) is 0 Å². The van der Waals surface area contributed by atoms with Crippen molar-refractivity contribution >= 4 is 21.4 Å². The molecule has 0 bridgehead atoms. The molecule has 3 aromatic rings. The molecule has 0 aliphatic carbocycles. The topological polar surface area (TPSA) is 107 Å². The summed E-state index contributed by atoms with van der Waals surface area (Å²) >= 11 is 0. The first kappa shape index (κ1) is 16.8. The van der Waals surface area contributed by atoms with Crippen molar-refractivity contribution in [3.05, 3.63) is 54.1 Å². The zero-order chi connectivity index (χ0) is 18.0. The normalized spacial score (nSPS) is 11.3. The molecule has 0 aliphatic rings. The van der Waals surface area contributed by atoms with Crippen LogP contribution in [-0.2, 0) is 16.9 Å². The Morgan fingerprint density at radius 3 is 2.44 bits per heavy atom. The van der Waals surface area contributed by atoms with Crippen molar-refractivity contribution in [1.29, 1.82) is 0 Å². The molecule has 9 heteroatoms. The molecule has 1 heterocycles. The molecule has 0 saturated heterocycles. The van der Waals surface area contributed by atoms with E-state index in [9.17, 15) is 13.2 Å². The largest absolute Gasteiger partial charge is 0.322 e. The minimum absolute atomic E-state index is 0.167. The summed E-state index contributed by atoms with van der Waals surface area (Å²) in [5.41, 5.74) is 1.70. The number of nitrogens with one attached hydrogen (secondary N) is 1. The van der Waals surface area contributed by atoms with Gasteiger partial charge in [-0.2, -0.15) is 0 Å². The van der Waals surface area contributed by atoms with Crippen LogP contribution >= 0.6 is 0 Å². The van der Waals surface area contributed by atoms with Gasteiger partial charge in [-0.25, -0.2) is 13.1 Å². The van der Waals surface area contributed by atoms with Crippen molar-refractivity contribution in [2.24, 2.45) is 7.05 Å². The van der Waals surface area contributed by atoms with Gasteiger partial charge in [-0.05, 0) is 46.8 Å². The molecule has 3 rings (SSSR count). The van der Waals surface area contributed by atoms with Crippen LogP contribution in [0.15, 0.2) is 53.4 Å². The molecule has 0 atom stereocenters. The Kier molecular flexibility index (Phi) is 4.32. The molecule has 0 radical (unpaired) electrons. The molecule has 1 N–H and O–H groups in total. The molecular formula is C16H15N5O3S. The monoisotopic (exact) mass is 357 g/mol. The van der Waals surface area contributed by atoms with Gasteiger partial charge in [0.05, 0.1) is 4.90 Å². The van der Waals surface area contributed by atoms with E-state index in [0.717, 1.165) is 11.8 Å². The molecule has 0 fully saturated rings. The Labute approximate surface area is 144 Å². The summed E-state index contributed by atoms with van der Waals surface area (Å²) in [6, 6.07) is 12.9. The molecule has 25 heavy (non-hydrogen) atoms. The number of hydrogen-bond acceptors (Lipinski definition) is 6. The lowest BCUT2D eigenvalue weighted by molar-refractivity contribution is 0.102. The first-order chi connectivity index (χ1) is 11.8. The second-order valence-corrected chi connectivity index (χ2v) is 7.47. The maximum absolute atomic E-state index is 12.3. The average molecular weight is 357 g/mol. The molecule has 1 amide bonds. The lowest BCUT2D eigenvalue weighted by Crippen LogP contribution is -2.12. The lowest BCUT2D eigenvalue weighted by Gasteiger charge is -2.07. The van der Waals surface area contributed by atoms with Gasteiger partial charge in [0, 0.05) is 30.1 Å². The van der Waals surface area contributed by atoms with E-state index in [4.69, 9.17) is 0 Å². The second-order valence-electron chi connectivity index (χ2n) is 5.46. The SMILES string of the molecule is Cn1nnnc1-c1cccc(NC(=O)c2ccc(S(C)(=O)=O)cc2)c1. The van der Waals surface area contributed by atoms with Gasteiger partial charge >= 0.3 is 0 Å². The highest BCUT2D eigenvalue weighted by Crippen LogP contribution is 2.20. The Hall–Kier alpha value is -3.07. The fraction of sp³-hybridized carbons (Fsp3) is 0.125. The standard InChI is InChI=1S/C16H15N5O3S/c1-21-15(18-19-20-21)12-4-3-5-13(10-12)17-16(22)11-6-8-14(9-7-11)25(2,23)24/h3-10H,1-2H3,(H,17,22). The van der Waals surface area contributed by atoms with Gasteiger partial charge in [-0.1, -0.05) is 12.1 Å². The van der Waals surface area contributed by atoms with Crippen LogP contribution in [-0.4, -0.2) is 40.8 Å². The highest BCUT2D eigenvalue weighted by Gasteiger charge is 2.11. The fourth-order valence-corrected chi connectivity index (χ4v) is 2.90. The molecule has 0 saturated carbocycles. The summed E-state index contributed by atoms with van der Waals surface area (Å²) in [5, 5.41) is 14.1. The van der Waals surface area contributed by atoms with Gasteiger partial charge in [-0.3, -0.25) is 4.79 Å². The number of aromatic nitrogens is 4. The molecule has 0 spiro atoms. The van der Waals surface area contributed by atoms with Gasteiger partial charge in [0.25, 0.3) is 5.91 Å². The summed E-state index contributed by atoms with van der Waals surface area (Å²) in [4.78, 5) is 12.5. The van der Waals surface area contributed by atoms with E-state index in [-0.39, 0.29) is 10.8 Å². The Morgan fingerprint density at radius 1 is 1.12 bits per heavy atom. The van der Waals surface area contributed by atoms with Crippen LogP contribution < -0.4 is 5.32 Å². The van der Waals surface area contributed by atoms with Crippen LogP contribution in [0.5, 0.6) is 0 Å². The van der Waals surface area contributed by atoms with Crippen molar-refractivity contribution in [2.45, 2.75) is 4.90 Å². The van der Waals surface area contributed by atoms with E-state index in [1.165, 1.54) is 28.9 Å². The van der Waals surface area contributed by atoms with E-state index in [1.54, 1.807) is 25.2 Å². The van der Waals surface area contributed by atoms with Crippen molar-refractivity contribution in [2.75, 3.05) is 11.6 Å². The van der Waals surface area contributed by atoms with Crippen LogP contribution in [0.1, 0.15) is 10.4 Å². The van der Waals surface area contributed by atoms with Crippen molar-refractivity contribution in [3.8, 4) is 11.4 Å². The number of carbonyl (C=O) groups excluding carboxylic acids is 1. The minimum Gasteiger partial charge on any atom is -0.322 e. The molecule has 0 unspecified atom stereocenters. The molecule has 128 valence electrons. The Balaban J connectivity index is 1.81. The van der Waals surface area contributed by atoms with Crippen LogP contribution in [0.2, 0.25) is 0 Å². The third kappa shape index (κ3) is 3.72. The van der Waals surface area contributed by atoms with Gasteiger partial charge < -0.3 is 5.32 Å². The van der Waals surface area contributed by atoms with E-state index in [1.807, 2.05) is 6.07 Å². The number of rotatable bonds is 4. The third-order valence-corrected chi connectivity index (χ3v) is 4.67. The lowest BCUT2D eigenvalue weighted by atomic mass is 10.1. The predicted molar refractivity (Wildman–Crippen MR) is 91.7 cm³/mol. The molecular weight excluding hydrogens is 342 g/mol. The zero-order valence-electron chi connectivity index (χ0n) is 13.5. The maximum Gasteiger partial charge on any atom is 0.255 e. The molecule has 8 nitrogen and oxygen atoms in total. The maximum atomic E-state index is 12.3. The third-order valence-electron chi connectivity index (χ3n) is 3.54. The number of anilines is 1. The second kappa shape index (κ2) is 6.44. The first-order valence-electron chi connectivity index (χ1n) is 7.29. The first-order valence-corrected chi connectivity index (χ1v) is 9.18. The van der Waals surface area contributed by atoms with Gasteiger partial charge in [-0.15, -0.1) is 5.10 Å². The highest BCUT2D eigenvalue weighted by molar-refractivity contribution is 7.90. The van der Waals surface area contributed by atoms with E-state index in [0.29, 0.717) is 17.1 Å². The molecule has 0 aliphatic heterocycles. The Morgan fingerprint density at radius 2 is 1.84 bits per heavy atom. The van der Waals surface area contributed by atoms with Crippen LogP contribution in [0.4, 0.5) is 5.69 Å². The molecule has 1 aromatic heterocycles. The minimum atomic E-state index is -3.29. The van der Waals surface area contributed by atoms with E-state index in [2.05, 4.69) is 20.8 Å². The van der Waals surface area contributed by atoms with Crippen LogP contribution in [0, 0.1) is 0 Å². The number of sulfone groups is 1. The number of carbonyl (C=O) groups is 1. The number of benzene rings is 2. The van der Waals surface area contributed by atoms with E-state index >= 15 is 0 Å². The van der Waals surface area contributed by atoms with Crippen molar-refractivity contribution in [3.63, 3.8) is 0 Å². The summed E-state index contributed by atoms with van der Waals surface area (Å²) in [6.45, 7) is 0. The van der Waals surface area contributed by atoms with E-state index < -0.39 is 9.84 Å². The van der Waals surface area contributed by atoms with Crippen LogP contribution in [0.3, 0.4) is 0 Å². The summed E-state index contributed by atoms with van der Waals surface area (Å²) in [6.07, 6.45) is 1.12. The number of tetrazole rings is 1. The number of nitrogens with zero attached hydrogens (tertiary/aromatic N) is 4. The summed E-state index contributed by atoms with van der Waals surface area (Å²) < 4.78 is 24.5. The quantitative estimate of drug-likeness (QED) is 0.759. The number of hydrogen-bond donors (Lipinski definition) is 1. The van der Waals surface area contributed by atoms with Gasteiger partial charge in [0.1, 0.15) is 0 Å². The predicted octanol–water partition coefficient (Wildman–Crippen LogP) is 1.53. The molecule has 2 aromatic carbocycles. The van der Waals surface area contributed by atoms with Gasteiger partial charge in [0.15, 0.2) is 15.7 Å². The number of aryl methyl sites for hydroxylation is 1. The summed E-state index contributed by atoms with van der Waals surface area (Å²) in [7, 11) is -1.57. The van der Waals surface area contributed by atoms with Crippen LogP contribution in [0.25, 0.3) is 11.4 Å². The fourth-order valence-electron chi connectivity index (χ4n) is 2.27. The Bertz CT molecular complexity index is 1030. The smallest absolute Gasteiger partial charge is 0.255 e.